The standard InChI is InChI=1S/C8H10Cl3N2O2P/c9-8(10,11)7(14)16(15,5-1-3-12)6-2-4-13/h7,14H,1-2,5-6H2. The van der Waals surface area contributed by atoms with Crippen LogP contribution in [0.25, 0.3) is 0 Å². The van der Waals surface area contributed by atoms with Crippen LogP contribution in [0.4, 0.5) is 0 Å². The normalized spacial score (nSPS) is 13.9. The number of nitrogens with zero attached hydrogens (tertiary/aromatic N) is 2. The molecule has 0 aromatic heterocycles. The van der Waals surface area contributed by atoms with Gasteiger partial charge in [-0.15, -0.1) is 0 Å². The Kier molecular flexibility index (Phi) is 6.71. The Hall–Kier alpha value is 0.0400. The largest absolute Gasteiger partial charge is 0.381 e. The van der Waals surface area contributed by atoms with Crippen molar-refractivity contribution in [2.24, 2.45) is 0 Å². The minimum absolute atomic E-state index is 0.0134. The Morgan fingerprint density at radius 3 is 1.81 bits per heavy atom. The van der Waals surface area contributed by atoms with Gasteiger partial charge >= 0.3 is 0 Å². The third-order valence-corrected chi connectivity index (χ3v) is 6.26. The minimum atomic E-state index is -3.25. The molecule has 0 saturated heterocycles. The molecule has 90 valence electrons. The Balaban J connectivity index is 4.87. The summed E-state index contributed by atoms with van der Waals surface area (Å²) in [4.78, 5) is 0. The fourth-order valence-corrected chi connectivity index (χ4v) is 4.91. The Labute approximate surface area is 109 Å². The number of aliphatic hydroxyl groups is 1. The van der Waals surface area contributed by atoms with Crippen molar-refractivity contribution in [3.05, 3.63) is 0 Å². The first-order chi connectivity index (χ1) is 7.28. The zero-order valence-corrected chi connectivity index (χ0v) is 11.4. The van der Waals surface area contributed by atoms with Crippen LogP contribution in [-0.4, -0.2) is 27.1 Å². The van der Waals surface area contributed by atoms with Crippen LogP contribution in [0.3, 0.4) is 0 Å². The van der Waals surface area contributed by atoms with E-state index in [2.05, 4.69) is 0 Å². The fourth-order valence-electron chi connectivity index (χ4n) is 1.10. The molecule has 8 heteroatoms. The molecule has 1 unspecified atom stereocenters. The Morgan fingerprint density at radius 2 is 1.56 bits per heavy atom. The second-order valence-electron chi connectivity index (χ2n) is 3.13. The van der Waals surface area contributed by atoms with E-state index in [0.29, 0.717) is 0 Å². The van der Waals surface area contributed by atoms with Gasteiger partial charge in [-0.2, -0.15) is 10.5 Å². The van der Waals surface area contributed by atoms with Crippen LogP contribution in [0, 0.1) is 22.7 Å². The number of alkyl halides is 3. The molecule has 0 saturated carbocycles. The molecule has 0 aliphatic carbocycles. The van der Waals surface area contributed by atoms with Crippen molar-refractivity contribution < 1.29 is 9.67 Å². The molecule has 1 N–H and O–H groups in total. The van der Waals surface area contributed by atoms with Crippen LogP contribution in [0.15, 0.2) is 0 Å². The second kappa shape index (κ2) is 6.70. The van der Waals surface area contributed by atoms with Gasteiger partial charge in [0.25, 0.3) is 0 Å². The van der Waals surface area contributed by atoms with Crippen molar-refractivity contribution in [3.8, 4) is 12.1 Å². The first kappa shape index (κ1) is 16.0. The van der Waals surface area contributed by atoms with Gasteiger partial charge in [-0.25, -0.2) is 0 Å². The SMILES string of the molecule is N#CCCP(=O)(CCC#N)C(O)C(Cl)(Cl)Cl. The molecule has 0 heterocycles. The molecule has 0 spiro atoms. The maximum Gasteiger partial charge on any atom is 0.222 e. The minimum Gasteiger partial charge on any atom is -0.381 e. The van der Waals surface area contributed by atoms with Gasteiger partial charge in [-0.1, -0.05) is 34.8 Å². The summed E-state index contributed by atoms with van der Waals surface area (Å²) in [6.07, 6.45) is -0.137. The topological polar surface area (TPSA) is 84.9 Å². The predicted octanol–water partition coefficient (Wildman–Crippen LogP) is 2.87. The number of rotatable bonds is 5. The van der Waals surface area contributed by atoms with Gasteiger partial charge in [0.2, 0.25) is 3.79 Å². The maximum atomic E-state index is 12.3. The summed E-state index contributed by atoms with van der Waals surface area (Å²) in [7, 11) is -3.25. The molecule has 16 heavy (non-hydrogen) atoms. The third kappa shape index (κ3) is 4.91. The summed E-state index contributed by atoms with van der Waals surface area (Å²) in [6.45, 7) is 0. The van der Waals surface area contributed by atoms with Crippen molar-refractivity contribution in [2.45, 2.75) is 22.5 Å². The molecule has 0 rings (SSSR count). The highest BCUT2D eigenvalue weighted by molar-refractivity contribution is 7.64. The third-order valence-electron chi connectivity index (χ3n) is 1.94. The lowest BCUT2D eigenvalue weighted by molar-refractivity contribution is 0.251. The summed E-state index contributed by atoms with van der Waals surface area (Å²) in [6, 6.07) is 3.62. The number of hydrogen-bond donors (Lipinski definition) is 1. The second-order valence-corrected chi connectivity index (χ2v) is 8.79. The first-order valence-corrected chi connectivity index (χ1v) is 7.62. The smallest absolute Gasteiger partial charge is 0.222 e. The predicted molar refractivity (Wildman–Crippen MR) is 64.1 cm³/mol. The van der Waals surface area contributed by atoms with Gasteiger partial charge in [0, 0.05) is 25.2 Å². The van der Waals surface area contributed by atoms with Gasteiger partial charge < -0.3 is 9.67 Å². The van der Waals surface area contributed by atoms with Gasteiger partial charge in [0.1, 0.15) is 7.14 Å². The van der Waals surface area contributed by atoms with E-state index in [9.17, 15) is 9.67 Å². The lowest BCUT2D eigenvalue weighted by Gasteiger charge is -2.27. The summed E-state index contributed by atoms with van der Waals surface area (Å²) in [5.41, 5.74) is 0. The lowest BCUT2D eigenvalue weighted by Crippen LogP contribution is -2.27. The molecule has 0 radical (unpaired) electrons. The molecular formula is C8H10Cl3N2O2P. The van der Waals surface area contributed by atoms with E-state index in [0.717, 1.165) is 0 Å². The van der Waals surface area contributed by atoms with Gasteiger partial charge in [-0.3, -0.25) is 0 Å². The molecule has 0 bridgehead atoms. The van der Waals surface area contributed by atoms with Crippen molar-refractivity contribution in [1.29, 1.82) is 10.5 Å². The first-order valence-electron chi connectivity index (χ1n) is 4.34. The average molecular weight is 304 g/mol. The van der Waals surface area contributed by atoms with E-state index >= 15 is 0 Å². The molecule has 0 aliphatic rings. The highest BCUT2D eigenvalue weighted by Gasteiger charge is 2.44. The van der Waals surface area contributed by atoms with Crippen molar-refractivity contribution in [1.82, 2.24) is 0 Å². The van der Waals surface area contributed by atoms with Crippen molar-refractivity contribution in [3.63, 3.8) is 0 Å². The molecular weight excluding hydrogens is 293 g/mol. The molecule has 0 aliphatic heterocycles. The van der Waals surface area contributed by atoms with Crippen LogP contribution < -0.4 is 0 Å². The van der Waals surface area contributed by atoms with E-state index < -0.39 is 16.8 Å². The van der Waals surface area contributed by atoms with Crippen molar-refractivity contribution in [2.75, 3.05) is 12.3 Å². The molecule has 0 amide bonds. The molecule has 0 aromatic carbocycles. The van der Waals surface area contributed by atoms with Crippen LogP contribution in [0.2, 0.25) is 0 Å². The van der Waals surface area contributed by atoms with E-state index in [1.807, 2.05) is 12.1 Å². The van der Waals surface area contributed by atoms with E-state index in [1.54, 1.807) is 0 Å². The zero-order chi connectivity index (χ0) is 12.8. The van der Waals surface area contributed by atoms with E-state index in [1.165, 1.54) is 0 Å². The van der Waals surface area contributed by atoms with Crippen LogP contribution >= 0.6 is 41.9 Å². The summed E-state index contributed by atoms with van der Waals surface area (Å²) in [5, 5.41) is 26.5. The number of nitriles is 2. The van der Waals surface area contributed by atoms with Gasteiger partial charge in [-0.05, 0) is 0 Å². The molecule has 0 fully saturated rings. The highest BCUT2D eigenvalue weighted by atomic mass is 35.6. The monoisotopic (exact) mass is 302 g/mol. The van der Waals surface area contributed by atoms with Crippen LogP contribution in [-0.2, 0) is 4.57 Å². The van der Waals surface area contributed by atoms with Gasteiger partial charge in [0.05, 0.1) is 12.1 Å². The fraction of sp³-hybridized carbons (Fsp3) is 0.750. The maximum absolute atomic E-state index is 12.3. The van der Waals surface area contributed by atoms with E-state index in [4.69, 9.17) is 45.3 Å². The Morgan fingerprint density at radius 1 is 1.19 bits per heavy atom. The summed E-state index contributed by atoms with van der Waals surface area (Å²) < 4.78 is 10.2. The van der Waals surface area contributed by atoms with E-state index in [-0.39, 0.29) is 25.2 Å². The van der Waals surface area contributed by atoms with Crippen LogP contribution in [0.1, 0.15) is 12.8 Å². The molecule has 1 atom stereocenters. The number of hydrogen-bond acceptors (Lipinski definition) is 4. The average Bonchev–Trinajstić information content (AvgIpc) is 2.21. The molecule has 0 aromatic rings. The van der Waals surface area contributed by atoms with Crippen LogP contribution in [0.5, 0.6) is 0 Å². The molecule has 4 nitrogen and oxygen atoms in total. The highest BCUT2D eigenvalue weighted by Crippen LogP contribution is 2.57. The number of halogens is 3. The summed E-state index contributed by atoms with van der Waals surface area (Å²) in [5.74, 6) is -1.65. The zero-order valence-electron chi connectivity index (χ0n) is 8.24. The van der Waals surface area contributed by atoms with Gasteiger partial charge in [0.15, 0.2) is 5.85 Å². The lowest BCUT2D eigenvalue weighted by atomic mass is 10.5. The Bertz CT molecular complexity index is 334. The summed E-state index contributed by atoms with van der Waals surface area (Å²) >= 11 is 16.4. The number of aliphatic hydroxyl groups excluding tert-OH is 1. The quantitative estimate of drug-likeness (QED) is 0.625. The van der Waals surface area contributed by atoms with Crippen molar-refractivity contribution >= 4 is 41.9 Å².